The molecule has 0 radical (unpaired) electrons. The minimum atomic E-state index is -0.260. The quantitative estimate of drug-likeness (QED) is 0.664. The molecule has 1 saturated heterocycles. The lowest BCUT2D eigenvalue weighted by Gasteiger charge is -2.25. The molecule has 1 amide bonds. The van der Waals surface area contributed by atoms with Crippen LogP contribution in [0.3, 0.4) is 0 Å². The van der Waals surface area contributed by atoms with Crippen LogP contribution in [0.15, 0.2) is 77.5 Å². The zero-order chi connectivity index (χ0) is 18.6. The van der Waals surface area contributed by atoms with Crippen molar-refractivity contribution in [3.05, 3.63) is 84.6 Å². The highest BCUT2D eigenvalue weighted by Crippen LogP contribution is 2.38. The highest BCUT2D eigenvalue weighted by atomic mass is 32.1. The fraction of sp³-hybridized carbons (Fsp3) is 0.150. The van der Waals surface area contributed by atoms with E-state index in [9.17, 15) is 4.79 Å². The van der Waals surface area contributed by atoms with E-state index < -0.39 is 0 Å². The van der Waals surface area contributed by atoms with Gasteiger partial charge >= 0.3 is 0 Å². The van der Waals surface area contributed by atoms with E-state index in [0.29, 0.717) is 5.11 Å². The third-order valence-corrected chi connectivity index (χ3v) is 4.76. The Bertz CT molecular complexity index is 916. The van der Waals surface area contributed by atoms with Gasteiger partial charge in [0.25, 0.3) is 0 Å². The SMILES string of the molecule is O=C(CN1C(=S)N[C@@H](c2ccccn2)[C@H]1c1ccco1)Nc1ccccc1. The monoisotopic (exact) mass is 378 g/mol. The van der Waals surface area contributed by atoms with Crippen LogP contribution in [-0.4, -0.2) is 27.4 Å². The number of rotatable bonds is 5. The van der Waals surface area contributed by atoms with Crippen LogP contribution >= 0.6 is 12.2 Å². The lowest BCUT2D eigenvalue weighted by atomic mass is 10.0. The normalized spacial score (nSPS) is 19.0. The van der Waals surface area contributed by atoms with E-state index in [2.05, 4.69) is 15.6 Å². The Balaban J connectivity index is 1.58. The number of aromatic nitrogens is 1. The van der Waals surface area contributed by atoms with Gasteiger partial charge in [0.05, 0.1) is 18.0 Å². The van der Waals surface area contributed by atoms with Gasteiger partial charge in [-0.15, -0.1) is 0 Å². The molecule has 1 aliphatic heterocycles. The Morgan fingerprint density at radius 3 is 2.67 bits per heavy atom. The van der Waals surface area contributed by atoms with Crippen molar-refractivity contribution >= 4 is 28.9 Å². The summed E-state index contributed by atoms with van der Waals surface area (Å²) in [7, 11) is 0. The molecule has 2 aromatic heterocycles. The molecule has 6 nitrogen and oxygen atoms in total. The van der Waals surface area contributed by atoms with Crippen LogP contribution in [0.25, 0.3) is 0 Å². The molecular formula is C20H18N4O2S. The summed E-state index contributed by atoms with van der Waals surface area (Å²) in [6.45, 7) is 0.107. The van der Waals surface area contributed by atoms with Crippen LogP contribution in [0.5, 0.6) is 0 Å². The second kappa shape index (κ2) is 7.59. The van der Waals surface area contributed by atoms with Crippen LogP contribution in [0, 0.1) is 0 Å². The van der Waals surface area contributed by atoms with Crippen molar-refractivity contribution in [1.29, 1.82) is 0 Å². The smallest absolute Gasteiger partial charge is 0.244 e. The first kappa shape index (κ1) is 17.2. The Hall–Kier alpha value is -3.19. The Labute approximate surface area is 162 Å². The molecule has 136 valence electrons. The summed E-state index contributed by atoms with van der Waals surface area (Å²) in [5.74, 6) is 0.578. The molecule has 7 heteroatoms. The van der Waals surface area contributed by atoms with Gasteiger partial charge < -0.3 is 20.0 Å². The number of carbonyl (C=O) groups excluding carboxylic acids is 1. The third kappa shape index (κ3) is 3.68. The molecular weight excluding hydrogens is 360 g/mol. The molecule has 0 bridgehead atoms. The minimum Gasteiger partial charge on any atom is -0.467 e. The van der Waals surface area contributed by atoms with Crippen LogP contribution in [0.4, 0.5) is 5.69 Å². The largest absolute Gasteiger partial charge is 0.467 e. The standard InChI is InChI=1S/C20H18N4O2S/c25-17(22-14-7-2-1-3-8-14)13-24-19(16-10-6-12-26-16)18(23-20(24)27)15-9-4-5-11-21-15/h1-12,18-19H,13H2,(H,22,25)(H,23,27)/t18-,19+/m0/s1. The van der Waals surface area contributed by atoms with Crippen LogP contribution in [0.2, 0.25) is 0 Å². The first-order chi connectivity index (χ1) is 13.2. The molecule has 4 rings (SSSR count). The van der Waals surface area contributed by atoms with Crippen molar-refractivity contribution in [3.63, 3.8) is 0 Å². The fourth-order valence-corrected chi connectivity index (χ4v) is 3.53. The second-order valence-corrected chi connectivity index (χ2v) is 6.57. The summed E-state index contributed by atoms with van der Waals surface area (Å²) in [6.07, 6.45) is 3.36. The van der Waals surface area contributed by atoms with E-state index in [1.807, 2.05) is 65.6 Å². The van der Waals surface area contributed by atoms with E-state index >= 15 is 0 Å². The second-order valence-electron chi connectivity index (χ2n) is 6.18. The number of pyridine rings is 1. The van der Waals surface area contributed by atoms with Crippen LogP contribution in [-0.2, 0) is 4.79 Å². The number of para-hydroxylation sites is 1. The number of thiocarbonyl (C=S) groups is 1. The number of nitrogens with zero attached hydrogens (tertiary/aromatic N) is 2. The van der Waals surface area contributed by atoms with Gasteiger partial charge in [-0.2, -0.15) is 0 Å². The molecule has 2 N–H and O–H groups in total. The lowest BCUT2D eigenvalue weighted by Crippen LogP contribution is -2.36. The molecule has 0 saturated carbocycles. The van der Waals surface area contributed by atoms with Crippen molar-refractivity contribution in [2.75, 3.05) is 11.9 Å². The minimum absolute atomic E-state index is 0.107. The topological polar surface area (TPSA) is 70.4 Å². The number of furan rings is 1. The van der Waals surface area contributed by atoms with E-state index in [1.54, 1.807) is 12.5 Å². The summed E-state index contributed by atoms with van der Waals surface area (Å²) in [4.78, 5) is 18.9. The maximum Gasteiger partial charge on any atom is 0.244 e. The zero-order valence-corrected chi connectivity index (χ0v) is 15.2. The Morgan fingerprint density at radius 2 is 1.96 bits per heavy atom. The number of amides is 1. The molecule has 27 heavy (non-hydrogen) atoms. The molecule has 1 fully saturated rings. The molecule has 1 aromatic carbocycles. The van der Waals surface area contributed by atoms with Gasteiger partial charge in [-0.1, -0.05) is 24.3 Å². The summed E-state index contributed by atoms with van der Waals surface area (Å²) >= 11 is 5.52. The van der Waals surface area contributed by atoms with Crippen molar-refractivity contribution in [1.82, 2.24) is 15.2 Å². The highest BCUT2D eigenvalue weighted by molar-refractivity contribution is 7.80. The van der Waals surface area contributed by atoms with Crippen molar-refractivity contribution in [3.8, 4) is 0 Å². The highest BCUT2D eigenvalue weighted by Gasteiger charge is 2.42. The number of benzene rings is 1. The molecule has 0 unspecified atom stereocenters. The number of hydrogen-bond donors (Lipinski definition) is 2. The summed E-state index contributed by atoms with van der Waals surface area (Å²) in [6, 6.07) is 18.3. The molecule has 3 aromatic rings. The fourth-order valence-electron chi connectivity index (χ4n) is 3.22. The van der Waals surface area contributed by atoms with Crippen molar-refractivity contribution < 1.29 is 9.21 Å². The van der Waals surface area contributed by atoms with Gasteiger partial charge in [-0.3, -0.25) is 9.78 Å². The molecule has 0 aliphatic carbocycles. The van der Waals surface area contributed by atoms with E-state index in [-0.39, 0.29) is 24.5 Å². The molecule has 3 heterocycles. The van der Waals surface area contributed by atoms with Gasteiger partial charge in [-0.05, 0) is 48.6 Å². The zero-order valence-electron chi connectivity index (χ0n) is 14.4. The van der Waals surface area contributed by atoms with Gasteiger partial charge in [0, 0.05) is 11.9 Å². The van der Waals surface area contributed by atoms with Gasteiger partial charge in [-0.25, -0.2) is 0 Å². The average Bonchev–Trinajstić information content (AvgIpc) is 3.32. The lowest BCUT2D eigenvalue weighted by molar-refractivity contribution is -0.116. The molecule has 0 spiro atoms. The third-order valence-electron chi connectivity index (χ3n) is 4.40. The van der Waals surface area contributed by atoms with Crippen LogP contribution in [0.1, 0.15) is 23.5 Å². The number of carbonyl (C=O) groups is 1. The Kier molecular flexibility index (Phi) is 4.84. The summed E-state index contributed by atoms with van der Waals surface area (Å²) in [5, 5.41) is 6.67. The summed E-state index contributed by atoms with van der Waals surface area (Å²) < 4.78 is 5.65. The Morgan fingerprint density at radius 1 is 1.15 bits per heavy atom. The van der Waals surface area contributed by atoms with Crippen molar-refractivity contribution in [2.24, 2.45) is 0 Å². The number of nitrogens with one attached hydrogen (secondary N) is 2. The van der Waals surface area contributed by atoms with E-state index in [0.717, 1.165) is 17.1 Å². The van der Waals surface area contributed by atoms with Crippen molar-refractivity contribution in [2.45, 2.75) is 12.1 Å². The maximum atomic E-state index is 12.6. The van der Waals surface area contributed by atoms with Crippen LogP contribution < -0.4 is 10.6 Å². The average molecular weight is 378 g/mol. The van der Waals surface area contributed by atoms with E-state index in [4.69, 9.17) is 16.6 Å². The maximum absolute atomic E-state index is 12.6. The molecule has 2 atom stereocenters. The predicted molar refractivity (Wildman–Crippen MR) is 106 cm³/mol. The number of anilines is 1. The van der Waals surface area contributed by atoms with Gasteiger partial charge in [0.1, 0.15) is 18.3 Å². The van der Waals surface area contributed by atoms with Gasteiger partial charge in [0.2, 0.25) is 5.91 Å². The predicted octanol–water partition coefficient (Wildman–Crippen LogP) is 3.29. The first-order valence-corrected chi connectivity index (χ1v) is 8.99. The van der Waals surface area contributed by atoms with E-state index in [1.165, 1.54) is 0 Å². The summed E-state index contributed by atoms with van der Waals surface area (Å²) in [5.41, 5.74) is 1.59. The number of hydrogen-bond acceptors (Lipinski definition) is 4. The molecule has 1 aliphatic rings. The first-order valence-electron chi connectivity index (χ1n) is 8.59. The van der Waals surface area contributed by atoms with Gasteiger partial charge in [0.15, 0.2) is 5.11 Å².